The molecule has 0 saturated carbocycles. The van der Waals surface area contributed by atoms with Crippen molar-refractivity contribution >= 4 is 5.91 Å². The maximum Gasteiger partial charge on any atom is 0.247 e. The molecule has 0 bridgehead atoms. The summed E-state index contributed by atoms with van der Waals surface area (Å²) in [5.74, 6) is -0.701. The lowest BCUT2D eigenvalue weighted by Gasteiger charge is -2.10. The third-order valence-corrected chi connectivity index (χ3v) is 2.48. The molecule has 1 atom stereocenters. The summed E-state index contributed by atoms with van der Waals surface area (Å²) in [6.45, 7) is 4.88. The van der Waals surface area contributed by atoms with E-state index in [1.54, 1.807) is 0 Å². The van der Waals surface area contributed by atoms with Gasteiger partial charge in [0.15, 0.2) is 0 Å². The Bertz CT molecular complexity index is 377. The summed E-state index contributed by atoms with van der Waals surface area (Å²) in [7, 11) is 0. The quantitative estimate of drug-likeness (QED) is 0.668. The monoisotopic (exact) mass is 222 g/mol. The number of hydrogen-bond acceptors (Lipinski definition) is 3. The highest BCUT2D eigenvalue weighted by Crippen LogP contribution is 2.09. The van der Waals surface area contributed by atoms with Crippen LogP contribution in [0.2, 0.25) is 0 Å². The van der Waals surface area contributed by atoms with Crippen LogP contribution in [0.1, 0.15) is 16.7 Å². The van der Waals surface area contributed by atoms with E-state index in [2.05, 4.69) is 11.4 Å². The molecule has 4 N–H and O–H groups in total. The molecule has 0 aromatic heterocycles. The van der Waals surface area contributed by atoms with Crippen LogP contribution in [0.3, 0.4) is 0 Å². The van der Waals surface area contributed by atoms with Crippen molar-refractivity contribution in [3.8, 4) is 0 Å². The number of carbonyl (C=O) groups excluding carboxylic acids is 1. The maximum atomic E-state index is 10.6. The Labute approximate surface area is 95.5 Å². The van der Waals surface area contributed by atoms with Crippen molar-refractivity contribution in [2.45, 2.75) is 26.5 Å². The molecule has 0 fully saturated rings. The lowest BCUT2D eigenvalue weighted by molar-refractivity contribution is -0.125. The van der Waals surface area contributed by atoms with Crippen molar-refractivity contribution in [2.75, 3.05) is 6.54 Å². The van der Waals surface area contributed by atoms with Gasteiger partial charge in [-0.05, 0) is 25.0 Å². The van der Waals surface area contributed by atoms with Crippen molar-refractivity contribution in [3.05, 3.63) is 34.9 Å². The van der Waals surface area contributed by atoms with Gasteiger partial charge >= 0.3 is 0 Å². The first kappa shape index (κ1) is 12.7. The number of aliphatic hydroxyl groups is 1. The van der Waals surface area contributed by atoms with Gasteiger partial charge in [0, 0.05) is 13.1 Å². The van der Waals surface area contributed by atoms with Gasteiger partial charge in [-0.15, -0.1) is 0 Å². The second-order valence-electron chi connectivity index (χ2n) is 3.98. The summed E-state index contributed by atoms with van der Waals surface area (Å²) in [5, 5.41) is 12.2. The zero-order chi connectivity index (χ0) is 12.1. The number of nitrogens with one attached hydrogen (secondary N) is 1. The van der Waals surface area contributed by atoms with Crippen molar-refractivity contribution in [2.24, 2.45) is 5.73 Å². The van der Waals surface area contributed by atoms with Gasteiger partial charge in [0.05, 0.1) is 0 Å². The zero-order valence-electron chi connectivity index (χ0n) is 9.66. The Morgan fingerprint density at radius 2 is 2.19 bits per heavy atom. The standard InChI is InChI=1S/C12H18N2O2/c1-8-3-4-10(9(2)5-8)6-14-7-11(15)12(13)16/h3-5,11,14-15H,6-7H2,1-2H3,(H2,13,16). The van der Waals surface area contributed by atoms with E-state index in [0.29, 0.717) is 6.54 Å². The largest absolute Gasteiger partial charge is 0.382 e. The average Bonchev–Trinajstić information content (AvgIpc) is 2.20. The molecule has 1 aromatic rings. The summed E-state index contributed by atoms with van der Waals surface area (Å²) >= 11 is 0. The molecule has 0 aliphatic heterocycles. The number of benzene rings is 1. The second-order valence-corrected chi connectivity index (χ2v) is 3.98. The molecule has 0 heterocycles. The summed E-state index contributed by atoms with van der Waals surface area (Å²) in [6.07, 6.45) is -1.12. The van der Waals surface area contributed by atoms with E-state index in [4.69, 9.17) is 5.73 Å². The van der Waals surface area contributed by atoms with E-state index >= 15 is 0 Å². The first-order chi connectivity index (χ1) is 7.50. The summed E-state index contributed by atoms with van der Waals surface area (Å²) < 4.78 is 0. The Kier molecular flexibility index (Phi) is 4.46. The van der Waals surface area contributed by atoms with Gasteiger partial charge in [-0.3, -0.25) is 4.79 Å². The second kappa shape index (κ2) is 5.63. The fraction of sp³-hybridized carbons (Fsp3) is 0.417. The first-order valence-electron chi connectivity index (χ1n) is 5.25. The fourth-order valence-corrected chi connectivity index (χ4v) is 1.49. The van der Waals surface area contributed by atoms with Crippen molar-refractivity contribution in [1.29, 1.82) is 0 Å². The van der Waals surface area contributed by atoms with Crippen LogP contribution < -0.4 is 11.1 Å². The molecule has 1 aromatic carbocycles. The molecule has 0 aliphatic carbocycles. The number of amides is 1. The first-order valence-corrected chi connectivity index (χ1v) is 5.25. The minimum absolute atomic E-state index is 0.183. The molecular formula is C12H18N2O2. The number of rotatable bonds is 5. The smallest absolute Gasteiger partial charge is 0.247 e. The van der Waals surface area contributed by atoms with Crippen LogP contribution in [-0.4, -0.2) is 23.7 Å². The molecule has 0 aliphatic rings. The van der Waals surface area contributed by atoms with E-state index < -0.39 is 12.0 Å². The summed E-state index contributed by atoms with van der Waals surface area (Å²) in [4.78, 5) is 10.6. The minimum Gasteiger partial charge on any atom is -0.382 e. The van der Waals surface area contributed by atoms with E-state index in [0.717, 1.165) is 5.56 Å². The number of hydrogen-bond donors (Lipinski definition) is 3. The number of primary amides is 1. The Hall–Kier alpha value is -1.39. The lowest BCUT2D eigenvalue weighted by atomic mass is 10.1. The van der Waals surface area contributed by atoms with Crippen LogP contribution in [0.25, 0.3) is 0 Å². The van der Waals surface area contributed by atoms with E-state index in [-0.39, 0.29) is 6.54 Å². The molecule has 1 rings (SSSR count). The van der Waals surface area contributed by atoms with E-state index in [1.165, 1.54) is 11.1 Å². The van der Waals surface area contributed by atoms with Crippen LogP contribution in [0, 0.1) is 13.8 Å². The number of nitrogens with two attached hydrogens (primary N) is 1. The molecule has 16 heavy (non-hydrogen) atoms. The summed E-state index contributed by atoms with van der Waals surface area (Å²) in [6, 6.07) is 6.17. The van der Waals surface area contributed by atoms with E-state index in [1.807, 2.05) is 26.0 Å². The van der Waals surface area contributed by atoms with Crippen molar-refractivity contribution in [3.63, 3.8) is 0 Å². The molecule has 1 amide bonds. The van der Waals surface area contributed by atoms with Gasteiger partial charge in [0.1, 0.15) is 6.10 Å². The van der Waals surface area contributed by atoms with Crippen LogP contribution in [0.4, 0.5) is 0 Å². The molecular weight excluding hydrogens is 204 g/mol. The van der Waals surface area contributed by atoms with Gasteiger partial charge in [-0.25, -0.2) is 0 Å². The number of aliphatic hydroxyl groups excluding tert-OH is 1. The van der Waals surface area contributed by atoms with Crippen LogP contribution >= 0.6 is 0 Å². The Morgan fingerprint density at radius 3 is 2.75 bits per heavy atom. The highest BCUT2D eigenvalue weighted by Gasteiger charge is 2.09. The Morgan fingerprint density at radius 1 is 1.50 bits per heavy atom. The third-order valence-electron chi connectivity index (χ3n) is 2.48. The maximum absolute atomic E-state index is 10.6. The third kappa shape index (κ3) is 3.64. The topological polar surface area (TPSA) is 75.3 Å². The van der Waals surface area contributed by atoms with Crippen molar-refractivity contribution in [1.82, 2.24) is 5.32 Å². The normalized spacial score (nSPS) is 12.4. The number of aryl methyl sites for hydroxylation is 2. The van der Waals surface area contributed by atoms with Gasteiger partial charge in [-0.2, -0.15) is 0 Å². The lowest BCUT2D eigenvalue weighted by Crippen LogP contribution is -2.37. The van der Waals surface area contributed by atoms with Gasteiger partial charge in [-0.1, -0.05) is 23.8 Å². The van der Waals surface area contributed by atoms with Gasteiger partial charge < -0.3 is 16.2 Å². The minimum atomic E-state index is -1.12. The summed E-state index contributed by atoms with van der Waals surface area (Å²) in [5.41, 5.74) is 8.51. The SMILES string of the molecule is Cc1ccc(CNCC(O)C(N)=O)c(C)c1. The number of carbonyl (C=O) groups is 1. The zero-order valence-corrected chi connectivity index (χ0v) is 9.66. The molecule has 1 unspecified atom stereocenters. The average molecular weight is 222 g/mol. The van der Waals surface area contributed by atoms with Gasteiger partial charge in [0.25, 0.3) is 0 Å². The van der Waals surface area contributed by atoms with E-state index in [9.17, 15) is 9.90 Å². The van der Waals surface area contributed by atoms with Crippen LogP contribution in [0.5, 0.6) is 0 Å². The predicted molar refractivity (Wildman–Crippen MR) is 62.8 cm³/mol. The Balaban J connectivity index is 2.46. The van der Waals surface area contributed by atoms with Crippen LogP contribution in [-0.2, 0) is 11.3 Å². The highest BCUT2D eigenvalue weighted by molar-refractivity contribution is 5.78. The predicted octanol–water partition coefficient (Wildman–Crippen LogP) is 0.239. The van der Waals surface area contributed by atoms with Crippen LogP contribution in [0.15, 0.2) is 18.2 Å². The van der Waals surface area contributed by atoms with Crippen molar-refractivity contribution < 1.29 is 9.90 Å². The molecule has 88 valence electrons. The fourth-order valence-electron chi connectivity index (χ4n) is 1.49. The molecule has 0 radical (unpaired) electrons. The molecule has 0 saturated heterocycles. The molecule has 4 heteroatoms. The van der Waals surface area contributed by atoms with Gasteiger partial charge in [0.2, 0.25) is 5.91 Å². The molecule has 0 spiro atoms. The molecule has 4 nitrogen and oxygen atoms in total. The highest BCUT2D eigenvalue weighted by atomic mass is 16.3.